The molecule has 0 spiro atoms. The van der Waals surface area contributed by atoms with Gasteiger partial charge in [0.1, 0.15) is 0 Å². The van der Waals surface area contributed by atoms with Crippen molar-refractivity contribution >= 4 is 53.3 Å². The lowest BCUT2D eigenvalue weighted by Crippen LogP contribution is -2.02. The molecule has 0 N–H and O–H groups in total. The van der Waals surface area contributed by atoms with Crippen molar-refractivity contribution in [1.82, 2.24) is 24.5 Å². The molecule has 0 bridgehead atoms. The number of fused-ring (bicyclic) bond motifs is 6. The summed E-state index contributed by atoms with van der Waals surface area (Å²) in [7, 11) is 0. The molecule has 0 unspecified atom stereocenters. The largest absolute Gasteiger partial charge is 0.307 e. The molecule has 0 saturated heterocycles. The highest BCUT2D eigenvalue weighted by molar-refractivity contribution is 7.26. The lowest BCUT2D eigenvalue weighted by atomic mass is 10.00. The molecule has 11 rings (SSSR count). The molecular formula is C50H31N5S. The molecular weight excluding hydrogens is 703 g/mol. The molecule has 0 aliphatic rings. The Labute approximate surface area is 326 Å². The number of pyridine rings is 1. The van der Waals surface area contributed by atoms with Crippen molar-refractivity contribution in [3.8, 4) is 62.1 Å². The van der Waals surface area contributed by atoms with Crippen molar-refractivity contribution in [2.45, 2.75) is 0 Å². The highest BCUT2D eigenvalue weighted by Gasteiger charge is 2.19. The molecule has 4 heterocycles. The third kappa shape index (κ3) is 5.38. The second-order valence-electron chi connectivity index (χ2n) is 13.9. The first kappa shape index (κ1) is 32.2. The molecule has 4 aromatic heterocycles. The first-order valence-corrected chi connectivity index (χ1v) is 19.4. The predicted octanol–water partition coefficient (Wildman–Crippen LogP) is 13.1. The van der Waals surface area contributed by atoms with Crippen molar-refractivity contribution in [2.24, 2.45) is 0 Å². The van der Waals surface area contributed by atoms with Crippen LogP contribution < -0.4 is 0 Å². The van der Waals surface area contributed by atoms with Gasteiger partial charge >= 0.3 is 0 Å². The number of hydrogen-bond acceptors (Lipinski definition) is 5. The van der Waals surface area contributed by atoms with E-state index in [2.05, 4.69) is 167 Å². The molecule has 0 radical (unpaired) electrons. The molecule has 5 nitrogen and oxygen atoms in total. The molecule has 6 heteroatoms. The third-order valence-electron chi connectivity index (χ3n) is 10.6. The lowest BCUT2D eigenvalue weighted by molar-refractivity contribution is 1.07. The summed E-state index contributed by atoms with van der Waals surface area (Å²) in [6.45, 7) is 0. The fraction of sp³-hybridized carbons (Fsp3) is 0. The zero-order valence-corrected chi connectivity index (χ0v) is 30.9. The van der Waals surface area contributed by atoms with E-state index in [0.29, 0.717) is 17.5 Å². The second kappa shape index (κ2) is 13.2. The fourth-order valence-corrected chi connectivity index (χ4v) is 9.18. The van der Waals surface area contributed by atoms with Crippen molar-refractivity contribution in [2.75, 3.05) is 0 Å². The van der Waals surface area contributed by atoms with Crippen LogP contribution in [0, 0.1) is 0 Å². The van der Waals surface area contributed by atoms with Gasteiger partial charge < -0.3 is 4.57 Å². The Morgan fingerprint density at radius 2 is 1.00 bits per heavy atom. The second-order valence-corrected chi connectivity index (χ2v) is 14.9. The Morgan fingerprint density at radius 1 is 0.393 bits per heavy atom. The van der Waals surface area contributed by atoms with Crippen LogP contribution in [0.4, 0.5) is 0 Å². The Bertz CT molecular complexity index is 3200. The van der Waals surface area contributed by atoms with Gasteiger partial charge in [0.2, 0.25) is 0 Å². The number of thiophene rings is 1. The molecule has 0 aliphatic heterocycles. The Hall–Kier alpha value is -7.28. The predicted molar refractivity (Wildman–Crippen MR) is 232 cm³/mol. The smallest absolute Gasteiger partial charge is 0.164 e. The normalized spacial score (nSPS) is 11.6. The number of benzene rings is 7. The summed E-state index contributed by atoms with van der Waals surface area (Å²) in [5.74, 6) is 1.84. The van der Waals surface area contributed by atoms with E-state index in [1.165, 1.54) is 31.1 Å². The summed E-state index contributed by atoms with van der Waals surface area (Å²) in [6, 6.07) is 61.7. The summed E-state index contributed by atoms with van der Waals surface area (Å²) in [5, 5.41) is 4.89. The van der Waals surface area contributed by atoms with Crippen LogP contribution in [0.15, 0.2) is 188 Å². The van der Waals surface area contributed by atoms with E-state index in [0.717, 1.165) is 55.5 Å². The minimum Gasteiger partial charge on any atom is -0.307 e. The monoisotopic (exact) mass is 733 g/mol. The van der Waals surface area contributed by atoms with Gasteiger partial charge in [-0.25, -0.2) is 15.0 Å². The number of nitrogens with zero attached hydrogens (tertiary/aromatic N) is 5. The van der Waals surface area contributed by atoms with E-state index in [9.17, 15) is 0 Å². The summed E-state index contributed by atoms with van der Waals surface area (Å²) in [5.41, 5.74) is 10.5. The first-order valence-electron chi connectivity index (χ1n) is 18.6. The summed E-state index contributed by atoms with van der Waals surface area (Å²) in [6.07, 6.45) is 3.82. The number of rotatable bonds is 6. The summed E-state index contributed by atoms with van der Waals surface area (Å²) in [4.78, 5) is 20.1. The van der Waals surface area contributed by atoms with Gasteiger partial charge in [-0.1, -0.05) is 146 Å². The van der Waals surface area contributed by atoms with Crippen LogP contribution in [0.1, 0.15) is 0 Å². The van der Waals surface area contributed by atoms with Gasteiger partial charge in [-0.05, 0) is 47.0 Å². The van der Waals surface area contributed by atoms with Gasteiger partial charge in [-0.3, -0.25) is 4.98 Å². The standard InChI is InChI=1S/C50H31N5S/c1-3-13-32(14-4-1)37-26-25-36(30-44(37)55-43-23-9-7-19-39(43)40-27-28-51-31-45(40)55)50-53-48(33-15-5-2-6-16-33)52-49(54-50)35-18-11-17-34(29-35)38-21-12-22-42-41-20-8-10-24-46(41)56-47(38)42/h1-31H. The Morgan fingerprint density at radius 3 is 1.82 bits per heavy atom. The van der Waals surface area contributed by atoms with Gasteiger partial charge in [-0.15, -0.1) is 11.3 Å². The van der Waals surface area contributed by atoms with Crippen LogP contribution in [-0.4, -0.2) is 24.5 Å². The summed E-state index contributed by atoms with van der Waals surface area (Å²) >= 11 is 1.84. The number of aromatic nitrogens is 5. The molecule has 7 aromatic carbocycles. The first-order chi connectivity index (χ1) is 27.8. The van der Waals surface area contributed by atoms with Crippen molar-refractivity contribution in [1.29, 1.82) is 0 Å². The zero-order chi connectivity index (χ0) is 37.0. The third-order valence-corrected chi connectivity index (χ3v) is 11.8. The van der Waals surface area contributed by atoms with Crippen molar-refractivity contribution in [3.05, 3.63) is 188 Å². The molecule has 0 amide bonds. The summed E-state index contributed by atoms with van der Waals surface area (Å²) < 4.78 is 4.89. The average Bonchev–Trinajstić information content (AvgIpc) is 3.83. The topological polar surface area (TPSA) is 56.5 Å². The van der Waals surface area contributed by atoms with Crippen LogP contribution in [0.25, 0.3) is 104 Å². The quantitative estimate of drug-likeness (QED) is 0.171. The maximum atomic E-state index is 5.24. The average molecular weight is 734 g/mol. The maximum Gasteiger partial charge on any atom is 0.164 e. The van der Waals surface area contributed by atoms with E-state index in [1.54, 1.807) is 0 Å². The van der Waals surface area contributed by atoms with Gasteiger partial charge in [0, 0.05) is 59.4 Å². The van der Waals surface area contributed by atoms with E-state index in [-0.39, 0.29) is 0 Å². The van der Waals surface area contributed by atoms with Crippen LogP contribution in [0.3, 0.4) is 0 Å². The highest BCUT2D eigenvalue weighted by atomic mass is 32.1. The number of hydrogen-bond donors (Lipinski definition) is 0. The maximum absolute atomic E-state index is 5.24. The van der Waals surface area contributed by atoms with E-state index in [1.807, 2.05) is 41.9 Å². The molecule has 262 valence electrons. The molecule has 0 saturated carbocycles. The molecule has 11 aromatic rings. The minimum absolute atomic E-state index is 0.602. The molecule has 0 fully saturated rings. The fourth-order valence-electron chi connectivity index (χ4n) is 7.95. The minimum atomic E-state index is 0.602. The van der Waals surface area contributed by atoms with Crippen LogP contribution in [-0.2, 0) is 0 Å². The van der Waals surface area contributed by atoms with E-state index >= 15 is 0 Å². The zero-order valence-electron chi connectivity index (χ0n) is 30.0. The van der Waals surface area contributed by atoms with Crippen LogP contribution >= 0.6 is 11.3 Å². The van der Waals surface area contributed by atoms with Crippen LogP contribution in [0.5, 0.6) is 0 Å². The molecule has 0 aliphatic carbocycles. The van der Waals surface area contributed by atoms with Gasteiger partial charge in [0.25, 0.3) is 0 Å². The molecule has 0 atom stereocenters. The van der Waals surface area contributed by atoms with Crippen molar-refractivity contribution in [3.63, 3.8) is 0 Å². The van der Waals surface area contributed by atoms with Crippen LogP contribution in [0.2, 0.25) is 0 Å². The van der Waals surface area contributed by atoms with Gasteiger partial charge in [0.05, 0.1) is 22.9 Å². The Kier molecular flexibility index (Phi) is 7.60. The van der Waals surface area contributed by atoms with E-state index in [4.69, 9.17) is 15.0 Å². The Balaban J connectivity index is 1.12. The van der Waals surface area contributed by atoms with Gasteiger partial charge in [-0.2, -0.15) is 0 Å². The van der Waals surface area contributed by atoms with Crippen molar-refractivity contribution < 1.29 is 0 Å². The number of para-hydroxylation sites is 1. The lowest BCUT2D eigenvalue weighted by Gasteiger charge is -2.16. The van der Waals surface area contributed by atoms with E-state index < -0.39 is 0 Å². The van der Waals surface area contributed by atoms with Gasteiger partial charge in [0.15, 0.2) is 17.5 Å². The SMILES string of the molecule is c1ccc(-c2nc(-c3cccc(-c4cccc5c4sc4ccccc45)c3)nc(-c3ccc(-c4ccccc4)c(-n4c5ccccc5c5ccncc54)c3)n2)cc1. The molecule has 56 heavy (non-hydrogen) atoms. The highest BCUT2D eigenvalue weighted by Crippen LogP contribution is 2.41.